The minimum atomic E-state index is -3.84. The number of aromatic nitrogens is 6. The highest BCUT2D eigenvalue weighted by atomic mass is 32.2. The van der Waals surface area contributed by atoms with E-state index in [2.05, 4.69) is 15.1 Å². The first-order valence-corrected chi connectivity index (χ1v) is 13.1. The van der Waals surface area contributed by atoms with Crippen LogP contribution < -0.4 is 11.2 Å². The van der Waals surface area contributed by atoms with Crippen LogP contribution in [0.2, 0.25) is 0 Å². The average Bonchev–Trinajstić information content (AvgIpc) is 3.50. The minimum Gasteiger partial charge on any atom is -0.287 e. The Hall–Kier alpha value is -3.67. The van der Waals surface area contributed by atoms with Gasteiger partial charge in [-0.05, 0) is 38.0 Å². The van der Waals surface area contributed by atoms with Crippen molar-refractivity contribution in [2.45, 2.75) is 37.8 Å². The second kappa shape index (κ2) is 8.77. The highest BCUT2D eigenvalue weighted by Gasteiger charge is 2.46. The van der Waals surface area contributed by atoms with Crippen LogP contribution in [0.5, 0.6) is 0 Å². The lowest BCUT2D eigenvalue weighted by atomic mass is 10.2. The van der Waals surface area contributed by atoms with E-state index in [1.165, 1.54) is 22.8 Å². The smallest absolute Gasteiger partial charge is 0.287 e. The molecule has 3 heterocycles. The summed E-state index contributed by atoms with van der Waals surface area (Å²) in [6.07, 6.45) is 7.42. The van der Waals surface area contributed by atoms with Gasteiger partial charge in [0.15, 0.2) is 9.84 Å². The summed E-state index contributed by atoms with van der Waals surface area (Å²) in [4.78, 5) is 35.4. The van der Waals surface area contributed by atoms with Gasteiger partial charge in [0.1, 0.15) is 0 Å². The Bertz CT molecular complexity index is 1680. The molecule has 3 aromatic heterocycles. The van der Waals surface area contributed by atoms with Crippen LogP contribution in [0, 0.1) is 12.3 Å². The molecule has 1 aromatic carbocycles. The van der Waals surface area contributed by atoms with Crippen molar-refractivity contribution >= 4 is 20.7 Å². The summed E-state index contributed by atoms with van der Waals surface area (Å²) in [6, 6.07) is 4.11. The van der Waals surface area contributed by atoms with Gasteiger partial charge < -0.3 is 0 Å². The molecule has 0 aliphatic heterocycles. The van der Waals surface area contributed by atoms with Crippen LogP contribution in [0.25, 0.3) is 10.9 Å². The molecule has 1 aliphatic carbocycles. The first-order chi connectivity index (χ1) is 17.1. The molecule has 0 atom stereocenters. The van der Waals surface area contributed by atoms with Crippen molar-refractivity contribution in [2.75, 3.05) is 12.4 Å². The zero-order chi connectivity index (χ0) is 25.7. The summed E-state index contributed by atoms with van der Waals surface area (Å²) in [5.41, 5.74) is 0.120. The number of benzene rings is 1. The van der Waals surface area contributed by atoms with Gasteiger partial charge in [0.05, 0.1) is 65.1 Å². The molecular formula is C24H25FN6O4S. The summed E-state index contributed by atoms with van der Waals surface area (Å²) in [5.74, 6) is -0.315. The minimum absolute atomic E-state index is 0.0347. The van der Waals surface area contributed by atoms with E-state index in [0.29, 0.717) is 29.8 Å². The SMILES string of the molecule is Cc1cnc(Cn2c(=O)n(Cc3cnn(C)c3)c(=O)c3cc(S(=O)(=O)CC4(CF)CC4)ccc32)cn1. The molecule has 12 heteroatoms. The lowest BCUT2D eigenvalue weighted by Crippen LogP contribution is -2.40. The van der Waals surface area contributed by atoms with Gasteiger partial charge in [-0.25, -0.2) is 13.2 Å². The predicted molar refractivity (Wildman–Crippen MR) is 130 cm³/mol. The van der Waals surface area contributed by atoms with E-state index < -0.39 is 33.2 Å². The van der Waals surface area contributed by atoms with Gasteiger partial charge in [0, 0.05) is 30.4 Å². The number of nitrogens with zero attached hydrogens (tertiary/aromatic N) is 6. The second-order valence-electron chi connectivity index (χ2n) is 9.50. The normalized spacial score (nSPS) is 14.9. The van der Waals surface area contributed by atoms with Gasteiger partial charge in [-0.1, -0.05) is 0 Å². The molecule has 0 radical (unpaired) electrons. The van der Waals surface area contributed by atoms with E-state index in [4.69, 9.17) is 0 Å². The van der Waals surface area contributed by atoms with Gasteiger partial charge >= 0.3 is 5.69 Å². The lowest BCUT2D eigenvalue weighted by Gasteiger charge is -2.15. The molecule has 0 saturated heterocycles. The molecule has 1 saturated carbocycles. The first-order valence-electron chi connectivity index (χ1n) is 11.4. The van der Waals surface area contributed by atoms with Gasteiger partial charge in [0.25, 0.3) is 5.56 Å². The van der Waals surface area contributed by atoms with Crippen molar-refractivity contribution in [2.24, 2.45) is 12.5 Å². The number of hydrogen-bond donors (Lipinski definition) is 0. The molecule has 0 spiro atoms. The monoisotopic (exact) mass is 512 g/mol. The van der Waals surface area contributed by atoms with Crippen molar-refractivity contribution in [1.82, 2.24) is 28.9 Å². The Labute approximate surface area is 206 Å². The third-order valence-electron chi connectivity index (χ3n) is 6.55. The van der Waals surface area contributed by atoms with Crippen LogP contribution in [0.1, 0.15) is 29.8 Å². The quantitative estimate of drug-likeness (QED) is 0.352. The molecule has 0 N–H and O–H groups in total. The third-order valence-corrected chi connectivity index (χ3v) is 8.51. The van der Waals surface area contributed by atoms with Gasteiger partial charge in [-0.15, -0.1) is 0 Å². The lowest BCUT2D eigenvalue weighted by molar-refractivity contribution is 0.367. The van der Waals surface area contributed by atoms with Crippen molar-refractivity contribution in [3.63, 3.8) is 0 Å². The highest BCUT2D eigenvalue weighted by Crippen LogP contribution is 2.47. The topological polar surface area (TPSA) is 122 Å². The highest BCUT2D eigenvalue weighted by molar-refractivity contribution is 7.91. The maximum absolute atomic E-state index is 13.5. The Morgan fingerprint density at radius 3 is 2.44 bits per heavy atom. The summed E-state index contributed by atoms with van der Waals surface area (Å²) in [5, 5.41) is 4.17. The molecule has 5 rings (SSSR count). The van der Waals surface area contributed by atoms with E-state index in [1.54, 1.807) is 43.4 Å². The van der Waals surface area contributed by atoms with Crippen molar-refractivity contribution in [3.05, 3.63) is 80.8 Å². The number of hydrogen-bond acceptors (Lipinski definition) is 7. The zero-order valence-corrected chi connectivity index (χ0v) is 20.7. The number of alkyl halides is 1. The summed E-state index contributed by atoms with van der Waals surface area (Å²) in [7, 11) is -2.12. The third kappa shape index (κ3) is 4.48. The van der Waals surface area contributed by atoms with Crippen LogP contribution in [-0.2, 0) is 30.0 Å². The largest absolute Gasteiger partial charge is 0.332 e. The standard InChI is InChI=1S/C24H25FN6O4S/c1-16-8-27-18(10-26-16)13-30-21-4-3-19(36(34,35)15-24(14-25)5-6-24)7-20(21)22(32)31(23(30)33)12-17-9-28-29(2)11-17/h3-4,7-11H,5-6,12-15H2,1-2H3. The van der Waals surface area contributed by atoms with Crippen molar-refractivity contribution in [1.29, 1.82) is 0 Å². The molecule has 188 valence electrons. The summed E-state index contributed by atoms with van der Waals surface area (Å²) in [6.45, 7) is 1.09. The molecule has 1 fully saturated rings. The molecule has 36 heavy (non-hydrogen) atoms. The van der Waals surface area contributed by atoms with E-state index in [-0.39, 0.29) is 34.6 Å². The van der Waals surface area contributed by atoms with E-state index in [9.17, 15) is 22.4 Å². The molecule has 0 bridgehead atoms. The fraction of sp³-hybridized carbons (Fsp3) is 0.375. The summed E-state index contributed by atoms with van der Waals surface area (Å²) >= 11 is 0. The second-order valence-corrected chi connectivity index (χ2v) is 11.5. The fourth-order valence-corrected chi connectivity index (χ4v) is 6.18. The van der Waals surface area contributed by atoms with Crippen LogP contribution >= 0.6 is 0 Å². The number of aryl methyl sites for hydroxylation is 2. The fourth-order valence-electron chi connectivity index (χ4n) is 4.27. The first kappa shape index (κ1) is 24.0. The van der Waals surface area contributed by atoms with Crippen LogP contribution in [0.15, 0.2) is 57.5 Å². The predicted octanol–water partition coefficient (Wildman–Crippen LogP) is 1.62. The molecular weight excluding hydrogens is 487 g/mol. The van der Waals surface area contributed by atoms with Crippen molar-refractivity contribution < 1.29 is 12.8 Å². The maximum Gasteiger partial charge on any atom is 0.332 e. The van der Waals surface area contributed by atoms with E-state index in [1.807, 2.05) is 0 Å². The molecule has 0 unspecified atom stereocenters. The summed E-state index contributed by atoms with van der Waals surface area (Å²) < 4.78 is 43.6. The Morgan fingerprint density at radius 2 is 1.83 bits per heavy atom. The van der Waals surface area contributed by atoms with E-state index >= 15 is 0 Å². The van der Waals surface area contributed by atoms with Crippen LogP contribution in [0.4, 0.5) is 4.39 Å². The maximum atomic E-state index is 13.5. The number of fused-ring (bicyclic) bond motifs is 1. The zero-order valence-electron chi connectivity index (χ0n) is 19.9. The van der Waals surface area contributed by atoms with Gasteiger partial charge in [-0.2, -0.15) is 5.10 Å². The number of sulfone groups is 1. The van der Waals surface area contributed by atoms with Gasteiger partial charge in [0.2, 0.25) is 0 Å². The van der Waals surface area contributed by atoms with Crippen LogP contribution in [-0.4, -0.2) is 49.7 Å². The number of halogens is 1. The van der Waals surface area contributed by atoms with Crippen LogP contribution in [0.3, 0.4) is 0 Å². The number of rotatable bonds is 8. The average molecular weight is 513 g/mol. The van der Waals surface area contributed by atoms with Gasteiger partial charge in [-0.3, -0.25) is 33.0 Å². The molecule has 10 nitrogen and oxygen atoms in total. The molecule has 1 aliphatic rings. The van der Waals surface area contributed by atoms with Crippen molar-refractivity contribution in [3.8, 4) is 0 Å². The Morgan fingerprint density at radius 1 is 1.06 bits per heavy atom. The van der Waals surface area contributed by atoms with E-state index in [0.717, 1.165) is 4.57 Å². The molecule has 0 amide bonds. The Balaban J connectivity index is 1.67. The Kier molecular flexibility index (Phi) is 5.86. The molecule has 4 aromatic rings.